The maximum atomic E-state index is 11.6. The molecule has 4 nitrogen and oxygen atoms in total. The van der Waals surface area contributed by atoms with E-state index in [1.54, 1.807) is 7.05 Å². The molecule has 0 aromatic heterocycles. The Bertz CT molecular complexity index is 266. The van der Waals surface area contributed by atoms with Crippen LogP contribution in [0.2, 0.25) is 0 Å². The average Bonchev–Trinajstić information content (AvgIpc) is 2.00. The van der Waals surface area contributed by atoms with Gasteiger partial charge in [0.05, 0.1) is 12.4 Å². The van der Waals surface area contributed by atoms with E-state index in [0.717, 1.165) is 0 Å². The zero-order valence-electron chi connectivity index (χ0n) is 9.61. The molecule has 0 aliphatic carbocycles. The first kappa shape index (κ1) is 13.9. The van der Waals surface area contributed by atoms with Gasteiger partial charge in [0.2, 0.25) is 10.0 Å². The minimum absolute atomic E-state index is 0.0842. The minimum Gasteiger partial charge on any atom is -0.395 e. The summed E-state index contributed by atoms with van der Waals surface area (Å²) in [5, 5.41) is 8.63. The van der Waals surface area contributed by atoms with Crippen LogP contribution in [-0.2, 0) is 10.0 Å². The number of rotatable bonds is 4. The van der Waals surface area contributed by atoms with Gasteiger partial charge in [-0.1, -0.05) is 20.8 Å². The molecule has 0 fully saturated rings. The molecular weight excluding hydrogens is 202 g/mol. The zero-order chi connectivity index (χ0) is 11.6. The van der Waals surface area contributed by atoms with Gasteiger partial charge in [0.15, 0.2) is 0 Å². The lowest BCUT2D eigenvalue weighted by Gasteiger charge is -2.34. The summed E-state index contributed by atoms with van der Waals surface area (Å²) < 4.78 is 24.5. The van der Waals surface area contributed by atoms with Crippen LogP contribution in [0.4, 0.5) is 0 Å². The second-order valence-corrected chi connectivity index (χ2v) is 6.75. The van der Waals surface area contributed by atoms with Crippen molar-refractivity contribution in [1.29, 1.82) is 0 Å². The molecule has 0 amide bonds. The Morgan fingerprint density at radius 2 is 1.79 bits per heavy atom. The van der Waals surface area contributed by atoms with Crippen LogP contribution in [0.1, 0.15) is 27.7 Å². The molecule has 0 aromatic carbocycles. The van der Waals surface area contributed by atoms with Crippen molar-refractivity contribution in [3.05, 3.63) is 0 Å². The van der Waals surface area contributed by atoms with Crippen molar-refractivity contribution in [1.82, 2.24) is 4.31 Å². The quantitative estimate of drug-likeness (QED) is 0.762. The smallest absolute Gasteiger partial charge is 0.216 e. The molecule has 0 aromatic rings. The highest BCUT2D eigenvalue weighted by atomic mass is 32.2. The Morgan fingerprint density at radius 3 is 2.07 bits per heavy atom. The van der Waals surface area contributed by atoms with E-state index in [-0.39, 0.29) is 23.8 Å². The van der Waals surface area contributed by atoms with E-state index < -0.39 is 10.0 Å². The molecule has 1 N–H and O–H groups in total. The molecule has 5 heteroatoms. The number of sulfonamides is 1. The number of nitrogens with zero attached hydrogens (tertiary/aromatic N) is 1. The molecule has 0 heterocycles. The Labute approximate surface area is 87.0 Å². The average molecular weight is 223 g/mol. The first-order chi connectivity index (χ1) is 6.13. The van der Waals surface area contributed by atoms with Crippen LogP contribution in [0, 0.1) is 5.41 Å². The number of hydrogen-bond donors (Lipinski definition) is 1. The summed E-state index contributed by atoms with van der Waals surface area (Å²) >= 11 is 0. The number of hydrogen-bond acceptors (Lipinski definition) is 3. The van der Waals surface area contributed by atoms with Crippen LogP contribution in [0.3, 0.4) is 0 Å². The van der Waals surface area contributed by atoms with Gasteiger partial charge >= 0.3 is 0 Å². The van der Waals surface area contributed by atoms with Gasteiger partial charge in [0.25, 0.3) is 0 Å². The lowest BCUT2D eigenvalue weighted by molar-refractivity contribution is 0.214. The molecule has 14 heavy (non-hydrogen) atoms. The highest BCUT2D eigenvalue weighted by Gasteiger charge is 2.30. The Morgan fingerprint density at radius 1 is 1.36 bits per heavy atom. The van der Waals surface area contributed by atoms with E-state index in [0.29, 0.717) is 0 Å². The van der Waals surface area contributed by atoms with Crippen molar-refractivity contribution < 1.29 is 13.5 Å². The fraction of sp³-hybridized carbons (Fsp3) is 1.00. The summed E-state index contributed by atoms with van der Waals surface area (Å²) in [7, 11) is -1.75. The van der Waals surface area contributed by atoms with E-state index >= 15 is 0 Å². The monoisotopic (exact) mass is 223 g/mol. The predicted octanol–water partition coefficient (Wildman–Crippen LogP) is 0.675. The molecule has 0 saturated heterocycles. The third-order valence-corrected chi connectivity index (χ3v) is 4.48. The topological polar surface area (TPSA) is 57.6 Å². The fourth-order valence-corrected chi connectivity index (χ4v) is 2.36. The van der Waals surface area contributed by atoms with Gasteiger partial charge in [-0.25, -0.2) is 12.7 Å². The third-order valence-electron chi connectivity index (χ3n) is 2.59. The van der Waals surface area contributed by atoms with Gasteiger partial charge in [0.1, 0.15) is 0 Å². The van der Waals surface area contributed by atoms with Crippen LogP contribution < -0.4 is 0 Å². The van der Waals surface area contributed by atoms with Crippen molar-refractivity contribution >= 4 is 10.0 Å². The summed E-state index contributed by atoms with van der Waals surface area (Å²) in [5.41, 5.74) is -0.0999. The highest BCUT2D eigenvalue weighted by Crippen LogP contribution is 2.24. The van der Waals surface area contributed by atoms with Crippen molar-refractivity contribution in [2.24, 2.45) is 5.41 Å². The Kier molecular flexibility index (Phi) is 4.55. The molecule has 0 aliphatic heterocycles. The summed E-state index contributed by atoms with van der Waals surface area (Å²) in [6, 6.07) is -0.0842. The van der Waals surface area contributed by atoms with Crippen molar-refractivity contribution in [3.8, 4) is 0 Å². The molecule has 0 bridgehead atoms. The van der Waals surface area contributed by atoms with Gasteiger partial charge in [-0.15, -0.1) is 0 Å². The van der Waals surface area contributed by atoms with Crippen LogP contribution in [0.25, 0.3) is 0 Å². The first-order valence-electron chi connectivity index (χ1n) is 4.69. The second-order valence-electron chi connectivity index (χ2n) is 4.60. The first-order valence-corrected chi connectivity index (χ1v) is 6.30. The molecule has 86 valence electrons. The largest absolute Gasteiger partial charge is 0.395 e. The van der Waals surface area contributed by atoms with E-state index in [1.165, 1.54) is 4.31 Å². The Hall–Kier alpha value is -0.130. The lowest BCUT2D eigenvalue weighted by Crippen LogP contribution is -2.44. The van der Waals surface area contributed by atoms with E-state index in [2.05, 4.69) is 0 Å². The number of aliphatic hydroxyl groups excluding tert-OH is 1. The van der Waals surface area contributed by atoms with Crippen LogP contribution in [0.5, 0.6) is 0 Å². The SMILES string of the molecule is CC(N(C)S(=O)(=O)CCO)C(C)(C)C. The molecule has 1 atom stereocenters. The van der Waals surface area contributed by atoms with E-state index in [4.69, 9.17) is 5.11 Å². The van der Waals surface area contributed by atoms with Gasteiger partial charge in [-0.3, -0.25) is 0 Å². The van der Waals surface area contributed by atoms with Crippen molar-refractivity contribution in [2.75, 3.05) is 19.4 Å². The highest BCUT2D eigenvalue weighted by molar-refractivity contribution is 7.89. The van der Waals surface area contributed by atoms with Crippen molar-refractivity contribution in [2.45, 2.75) is 33.7 Å². The normalized spacial score (nSPS) is 15.9. The summed E-state index contributed by atoms with van der Waals surface area (Å²) in [5.74, 6) is -0.204. The number of aliphatic hydroxyl groups is 1. The molecule has 0 saturated carbocycles. The maximum Gasteiger partial charge on any atom is 0.216 e. The van der Waals surface area contributed by atoms with Crippen LogP contribution in [-0.4, -0.2) is 43.3 Å². The molecule has 0 aliphatic rings. The van der Waals surface area contributed by atoms with E-state index in [1.807, 2.05) is 27.7 Å². The second kappa shape index (κ2) is 4.59. The zero-order valence-corrected chi connectivity index (χ0v) is 10.4. The third kappa shape index (κ3) is 3.55. The fourth-order valence-electron chi connectivity index (χ4n) is 1.05. The summed E-state index contributed by atoms with van der Waals surface area (Å²) in [4.78, 5) is 0. The minimum atomic E-state index is -3.31. The molecular formula is C9H21NO3S. The van der Waals surface area contributed by atoms with Crippen LogP contribution >= 0.6 is 0 Å². The summed E-state index contributed by atoms with van der Waals surface area (Å²) in [6.45, 7) is 7.51. The molecule has 1 unspecified atom stereocenters. The van der Waals surface area contributed by atoms with Crippen LogP contribution in [0.15, 0.2) is 0 Å². The standard InChI is InChI=1S/C9H21NO3S/c1-8(9(2,3)4)10(5)14(12,13)7-6-11/h8,11H,6-7H2,1-5H3. The Balaban J connectivity index is 4.71. The molecule has 0 rings (SSSR count). The van der Waals surface area contributed by atoms with Crippen molar-refractivity contribution in [3.63, 3.8) is 0 Å². The summed E-state index contributed by atoms with van der Waals surface area (Å²) in [6.07, 6.45) is 0. The van der Waals surface area contributed by atoms with Gasteiger partial charge in [0, 0.05) is 13.1 Å². The maximum absolute atomic E-state index is 11.6. The van der Waals surface area contributed by atoms with E-state index in [9.17, 15) is 8.42 Å². The molecule has 0 radical (unpaired) electrons. The lowest BCUT2D eigenvalue weighted by atomic mass is 9.88. The van der Waals surface area contributed by atoms with Gasteiger partial charge in [-0.2, -0.15) is 0 Å². The van der Waals surface area contributed by atoms with Gasteiger partial charge < -0.3 is 5.11 Å². The molecule has 0 spiro atoms. The predicted molar refractivity (Wildman–Crippen MR) is 57.6 cm³/mol. The van der Waals surface area contributed by atoms with Gasteiger partial charge in [-0.05, 0) is 12.3 Å².